The number of phenols is 2. The van der Waals surface area contributed by atoms with E-state index in [1.165, 1.54) is 12.1 Å². The maximum Gasteiger partial charge on any atom is 0.271 e. The van der Waals surface area contributed by atoms with Crippen molar-refractivity contribution in [3.8, 4) is 11.5 Å². The molecule has 0 fully saturated rings. The molecule has 0 heterocycles. The third-order valence-corrected chi connectivity index (χ3v) is 2.82. The second-order valence-electron chi connectivity index (χ2n) is 4.68. The van der Waals surface area contributed by atoms with Crippen molar-refractivity contribution < 1.29 is 15.0 Å². The van der Waals surface area contributed by atoms with Crippen LogP contribution in [0.1, 0.15) is 22.8 Å². The van der Waals surface area contributed by atoms with E-state index in [1.54, 1.807) is 13.0 Å². The zero-order valence-corrected chi connectivity index (χ0v) is 12.0. The zero-order valence-electron chi connectivity index (χ0n) is 12.0. The number of benzene rings is 2. The first kappa shape index (κ1) is 15.3. The van der Waals surface area contributed by atoms with E-state index in [2.05, 4.69) is 10.5 Å². The van der Waals surface area contributed by atoms with Gasteiger partial charge in [-0.05, 0) is 30.7 Å². The Hall–Kier alpha value is -3.08. The average molecular weight is 296 g/mol. The van der Waals surface area contributed by atoms with Crippen LogP contribution in [0.2, 0.25) is 0 Å². The van der Waals surface area contributed by atoms with Gasteiger partial charge in [0.15, 0.2) is 0 Å². The number of hydrogen-bond donors (Lipinski definition) is 3. The van der Waals surface area contributed by atoms with Crippen molar-refractivity contribution in [1.29, 1.82) is 0 Å². The maximum absolute atomic E-state index is 11.9. The van der Waals surface area contributed by atoms with Crippen LogP contribution < -0.4 is 5.43 Å². The summed E-state index contributed by atoms with van der Waals surface area (Å²) in [6.45, 7) is 1.75. The molecular weight excluding hydrogens is 280 g/mol. The minimum Gasteiger partial charge on any atom is -0.508 e. The van der Waals surface area contributed by atoms with Crippen molar-refractivity contribution in [2.75, 3.05) is 0 Å². The summed E-state index contributed by atoms with van der Waals surface area (Å²) in [5, 5.41) is 22.6. The van der Waals surface area contributed by atoms with Crippen LogP contribution in [0.3, 0.4) is 0 Å². The largest absolute Gasteiger partial charge is 0.508 e. The van der Waals surface area contributed by atoms with Gasteiger partial charge in [-0.1, -0.05) is 36.4 Å². The Morgan fingerprint density at radius 3 is 2.36 bits per heavy atom. The summed E-state index contributed by atoms with van der Waals surface area (Å²) in [4.78, 5) is 11.9. The lowest BCUT2D eigenvalue weighted by Crippen LogP contribution is -2.18. The average Bonchev–Trinajstić information content (AvgIpc) is 2.50. The fourth-order valence-corrected chi connectivity index (χ4v) is 1.75. The number of nitrogens with one attached hydrogen (secondary N) is 1. The Morgan fingerprint density at radius 1 is 1.09 bits per heavy atom. The molecule has 22 heavy (non-hydrogen) atoms. The minimum absolute atomic E-state index is 0.126. The number of aromatic hydroxyl groups is 2. The zero-order chi connectivity index (χ0) is 15.9. The van der Waals surface area contributed by atoms with Crippen LogP contribution in [0.15, 0.2) is 59.7 Å². The second-order valence-corrected chi connectivity index (χ2v) is 4.68. The molecule has 5 heteroatoms. The first-order valence-corrected chi connectivity index (χ1v) is 6.65. The standard InChI is InChI=1S/C17H16N2O3/c1-12(7-8-13-5-3-2-4-6-13)18-19-17(22)14-9-15(20)11-16(21)10-14/h2-11,20-21H,1H3,(H,19,22). The van der Waals surface area contributed by atoms with Gasteiger partial charge in [0.25, 0.3) is 5.91 Å². The molecular formula is C17H16N2O3. The molecule has 2 aromatic rings. The Kier molecular flexibility index (Phi) is 4.93. The van der Waals surface area contributed by atoms with E-state index in [0.717, 1.165) is 11.6 Å². The molecule has 0 bridgehead atoms. The predicted molar refractivity (Wildman–Crippen MR) is 85.8 cm³/mol. The number of hydrazone groups is 1. The summed E-state index contributed by atoms with van der Waals surface area (Å²) in [7, 11) is 0. The van der Waals surface area contributed by atoms with Gasteiger partial charge in [-0.2, -0.15) is 5.10 Å². The number of amides is 1. The normalized spacial score (nSPS) is 11.6. The summed E-state index contributed by atoms with van der Waals surface area (Å²) < 4.78 is 0. The Morgan fingerprint density at radius 2 is 1.73 bits per heavy atom. The Bertz CT molecular complexity index is 702. The minimum atomic E-state index is -0.515. The van der Waals surface area contributed by atoms with Gasteiger partial charge >= 0.3 is 0 Å². The molecule has 112 valence electrons. The van der Waals surface area contributed by atoms with E-state index in [-0.39, 0.29) is 17.1 Å². The molecule has 2 aromatic carbocycles. The van der Waals surface area contributed by atoms with E-state index in [1.807, 2.05) is 36.4 Å². The lowest BCUT2D eigenvalue weighted by molar-refractivity contribution is 0.0954. The molecule has 0 aliphatic heterocycles. The quantitative estimate of drug-likeness (QED) is 0.599. The number of rotatable bonds is 4. The lowest BCUT2D eigenvalue weighted by atomic mass is 10.2. The van der Waals surface area contributed by atoms with Gasteiger partial charge in [-0.3, -0.25) is 4.79 Å². The number of carbonyl (C=O) groups is 1. The highest BCUT2D eigenvalue weighted by atomic mass is 16.3. The van der Waals surface area contributed by atoms with E-state index >= 15 is 0 Å². The van der Waals surface area contributed by atoms with E-state index in [9.17, 15) is 15.0 Å². The molecule has 1 amide bonds. The van der Waals surface area contributed by atoms with Crippen molar-refractivity contribution in [1.82, 2.24) is 5.43 Å². The molecule has 0 radical (unpaired) electrons. The Labute approximate surface area is 128 Å². The predicted octanol–water partition coefficient (Wildman–Crippen LogP) is 2.92. The maximum atomic E-state index is 11.9. The second kappa shape index (κ2) is 7.08. The van der Waals surface area contributed by atoms with Crippen LogP contribution in [0.25, 0.3) is 6.08 Å². The molecule has 0 aliphatic carbocycles. The number of phenolic OH excluding ortho intramolecular Hbond substituents is 2. The van der Waals surface area contributed by atoms with Crippen LogP contribution in [-0.4, -0.2) is 21.8 Å². The van der Waals surface area contributed by atoms with Gasteiger partial charge in [0.1, 0.15) is 11.5 Å². The van der Waals surface area contributed by atoms with Gasteiger partial charge in [0.05, 0.1) is 5.71 Å². The lowest BCUT2D eigenvalue weighted by Gasteiger charge is -2.02. The number of nitrogens with zero attached hydrogens (tertiary/aromatic N) is 1. The monoisotopic (exact) mass is 296 g/mol. The first-order valence-electron chi connectivity index (χ1n) is 6.65. The van der Waals surface area contributed by atoms with Gasteiger partial charge in [0.2, 0.25) is 0 Å². The van der Waals surface area contributed by atoms with Gasteiger partial charge in [0, 0.05) is 11.6 Å². The third-order valence-electron chi connectivity index (χ3n) is 2.82. The van der Waals surface area contributed by atoms with Crippen molar-refractivity contribution in [3.63, 3.8) is 0 Å². The summed E-state index contributed by atoms with van der Waals surface area (Å²) >= 11 is 0. The van der Waals surface area contributed by atoms with Crippen LogP contribution in [-0.2, 0) is 0 Å². The van der Waals surface area contributed by atoms with Crippen molar-refractivity contribution >= 4 is 17.7 Å². The van der Waals surface area contributed by atoms with Gasteiger partial charge in [-0.25, -0.2) is 5.43 Å². The highest BCUT2D eigenvalue weighted by Gasteiger charge is 2.07. The van der Waals surface area contributed by atoms with E-state index < -0.39 is 5.91 Å². The SMILES string of the molecule is CC(C=Cc1ccccc1)=NNC(=O)c1cc(O)cc(O)c1. The number of carbonyl (C=O) groups excluding carboxylic acids is 1. The third kappa shape index (κ3) is 4.49. The molecule has 0 aliphatic rings. The molecule has 3 N–H and O–H groups in total. The topological polar surface area (TPSA) is 81.9 Å². The fourth-order valence-electron chi connectivity index (χ4n) is 1.75. The van der Waals surface area contributed by atoms with Crippen LogP contribution in [0.5, 0.6) is 11.5 Å². The van der Waals surface area contributed by atoms with Crippen LogP contribution in [0, 0.1) is 0 Å². The molecule has 0 unspecified atom stereocenters. The van der Waals surface area contributed by atoms with Crippen molar-refractivity contribution in [3.05, 3.63) is 65.7 Å². The number of allylic oxidation sites excluding steroid dienone is 1. The highest BCUT2D eigenvalue weighted by molar-refractivity contribution is 5.99. The van der Waals surface area contributed by atoms with Crippen molar-refractivity contribution in [2.45, 2.75) is 6.92 Å². The molecule has 0 saturated carbocycles. The van der Waals surface area contributed by atoms with Gasteiger partial charge in [-0.15, -0.1) is 0 Å². The van der Waals surface area contributed by atoms with Gasteiger partial charge < -0.3 is 10.2 Å². The summed E-state index contributed by atoms with van der Waals surface area (Å²) in [5.74, 6) is -0.886. The van der Waals surface area contributed by atoms with E-state index in [4.69, 9.17) is 0 Å². The summed E-state index contributed by atoms with van der Waals surface area (Å²) in [6, 6.07) is 13.4. The Balaban J connectivity index is 2.01. The fraction of sp³-hybridized carbons (Fsp3) is 0.0588. The highest BCUT2D eigenvalue weighted by Crippen LogP contribution is 2.20. The smallest absolute Gasteiger partial charge is 0.271 e. The molecule has 0 spiro atoms. The van der Waals surface area contributed by atoms with E-state index in [0.29, 0.717) is 5.71 Å². The number of hydrogen-bond acceptors (Lipinski definition) is 4. The first-order chi connectivity index (χ1) is 10.5. The summed E-state index contributed by atoms with van der Waals surface area (Å²) in [6.07, 6.45) is 3.65. The molecule has 2 rings (SSSR count). The molecule has 5 nitrogen and oxygen atoms in total. The van der Waals surface area contributed by atoms with Crippen molar-refractivity contribution in [2.24, 2.45) is 5.10 Å². The molecule has 0 saturated heterocycles. The molecule has 0 aromatic heterocycles. The van der Waals surface area contributed by atoms with Crippen LogP contribution in [0.4, 0.5) is 0 Å². The van der Waals surface area contributed by atoms with Crippen LogP contribution >= 0.6 is 0 Å². The molecule has 0 atom stereocenters. The summed E-state index contributed by atoms with van der Waals surface area (Å²) in [5.41, 5.74) is 4.13.